The highest BCUT2D eigenvalue weighted by molar-refractivity contribution is 6.52. The van der Waals surface area contributed by atoms with Crippen molar-refractivity contribution in [3.8, 4) is 0 Å². The van der Waals surface area contributed by atoms with E-state index >= 15 is 0 Å². The minimum absolute atomic E-state index is 0.0421. The molecule has 0 bridgehead atoms. The van der Waals surface area contributed by atoms with Crippen LogP contribution in [0.5, 0.6) is 0 Å². The van der Waals surface area contributed by atoms with Crippen LogP contribution in [0.4, 0.5) is 5.69 Å². The number of amides is 2. The Hall–Kier alpha value is -1.85. The van der Waals surface area contributed by atoms with E-state index in [1.165, 1.54) is 9.80 Å². The van der Waals surface area contributed by atoms with Crippen LogP contribution >= 0.6 is 11.6 Å². The van der Waals surface area contributed by atoms with Gasteiger partial charge in [0.2, 0.25) is 0 Å². The van der Waals surface area contributed by atoms with Gasteiger partial charge in [0.25, 0.3) is 11.8 Å². The quantitative estimate of drug-likeness (QED) is 0.814. The average molecular weight is 335 g/mol. The molecule has 1 aromatic carbocycles. The van der Waals surface area contributed by atoms with Crippen LogP contribution in [-0.4, -0.2) is 49.9 Å². The number of anilines is 1. The number of quaternary nitrogens is 1. The van der Waals surface area contributed by atoms with Crippen molar-refractivity contribution in [3.05, 3.63) is 40.6 Å². The average Bonchev–Trinajstić information content (AvgIpc) is 2.78. The molecule has 1 aromatic rings. The summed E-state index contributed by atoms with van der Waals surface area (Å²) in [7, 11) is 2.12. The Bertz CT molecular complexity index is 678. The second-order valence-corrected chi connectivity index (χ2v) is 6.41. The molecule has 0 radical (unpaired) electrons. The summed E-state index contributed by atoms with van der Waals surface area (Å²) in [6.07, 6.45) is 0.748. The molecule has 0 unspecified atom stereocenters. The number of benzene rings is 1. The van der Waals surface area contributed by atoms with Crippen molar-refractivity contribution in [3.63, 3.8) is 0 Å². The maximum atomic E-state index is 12.9. The standard InChI is InChI=1S/C17H20ClN3O2/c1-3-12-6-4-5-7-13(12)21-16(22)14(18)15(17(21)23)20-10-8-19(2)9-11-20/h4-7H,3,8-11H2,1-2H3/p+1. The number of para-hydroxylation sites is 1. The molecule has 23 heavy (non-hydrogen) atoms. The molecule has 0 spiro atoms. The summed E-state index contributed by atoms with van der Waals surface area (Å²) in [6, 6.07) is 7.48. The van der Waals surface area contributed by atoms with Crippen LogP contribution in [0.25, 0.3) is 0 Å². The summed E-state index contributed by atoms with van der Waals surface area (Å²) in [5, 5.41) is 0.0421. The van der Waals surface area contributed by atoms with Gasteiger partial charge in [-0.25, -0.2) is 4.90 Å². The molecule has 5 nitrogen and oxygen atoms in total. The number of hydrogen-bond donors (Lipinski definition) is 1. The first-order chi connectivity index (χ1) is 11.0. The molecular formula is C17H21ClN3O2+. The van der Waals surface area contributed by atoms with Gasteiger partial charge in [-0.05, 0) is 18.1 Å². The molecule has 122 valence electrons. The van der Waals surface area contributed by atoms with Crippen molar-refractivity contribution in [2.75, 3.05) is 38.1 Å². The normalized spacial score (nSPS) is 20.0. The molecule has 0 atom stereocenters. The highest BCUT2D eigenvalue weighted by Crippen LogP contribution is 2.33. The van der Waals surface area contributed by atoms with Gasteiger partial charge in [-0.3, -0.25) is 9.59 Å². The van der Waals surface area contributed by atoms with E-state index in [1.54, 1.807) is 6.07 Å². The van der Waals surface area contributed by atoms with Gasteiger partial charge < -0.3 is 9.80 Å². The van der Waals surface area contributed by atoms with E-state index in [9.17, 15) is 9.59 Å². The first kappa shape index (κ1) is 16.0. The van der Waals surface area contributed by atoms with E-state index < -0.39 is 5.91 Å². The summed E-state index contributed by atoms with van der Waals surface area (Å²) in [5.41, 5.74) is 1.95. The van der Waals surface area contributed by atoms with E-state index in [-0.39, 0.29) is 10.9 Å². The molecule has 1 fully saturated rings. The number of hydrogen-bond acceptors (Lipinski definition) is 3. The van der Waals surface area contributed by atoms with Gasteiger partial charge in [-0.1, -0.05) is 36.7 Å². The first-order valence-corrected chi connectivity index (χ1v) is 8.35. The number of piperazine rings is 1. The fraction of sp³-hybridized carbons (Fsp3) is 0.412. The van der Waals surface area contributed by atoms with E-state index in [4.69, 9.17) is 11.6 Å². The molecule has 0 saturated carbocycles. The summed E-state index contributed by atoms with van der Waals surface area (Å²) in [4.78, 5) is 30.1. The van der Waals surface area contributed by atoms with Gasteiger partial charge in [0.1, 0.15) is 10.7 Å². The van der Waals surface area contributed by atoms with Gasteiger partial charge in [0.15, 0.2) is 0 Å². The van der Waals surface area contributed by atoms with Gasteiger partial charge in [0, 0.05) is 0 Å². The Labute approximate surface area is 141 Å². The molecule has 2 aliphatic heterocycles. The van der Waals surface area contributed by atoms with Crippen LogP contribution in [0.15, 0.2) is 35.0 Å². The van der Waals surface area contributed by atoms with Crippen molar-refractivity contribution in [1.29, 1.82) is 0 Å². The third kappa shape index (κ3) is 2.75. The zero-order valence-electron chi connectivity index (χ0n) is 13.4. The minimum atomic E-state index is -0.418. The smallest absolute Gasteiger partial charge is 0.283 e. The Morgan fingerprint density at radius 3 is 2.43 bits per heavy atom. The molecule has 2 heterocycles. The monoisotopic (exact) mass is 334 g/mol. The minimum Gasteiger partial charge on any atom is -0.354 e. The summed E-state index contributed by atoms with van der Waals surface area (Å²) in [6.45, 7) is 5.34. The van der Waals surface area contributed by atoms with Crippen molar-refractivity contribution >= 4 is 29.1 Å². The van der Waals surface area contributed by atoms with E-state index in [0.29, 0.717) is 11.4 Å². The molecule has 1 N–H and O–H groups in total. The van der Waals surface area contributed by atoms with Crippen molar-refractivity contribution < 1.29 is 14.5 Å². The van der Waals surface area contributed by atoms with E-state index in [0.717, 1.165) is 38.2 Å². The van der Waals surface area contributed by atoms with Crippen LogP contribution in [0.3, 0.4) is 0 Å². The summed E-state index contributed by atoms with van der Waals surface area (Å²) in [5.74, 6) is -0.723. The van der Waals surface area contributed by atoms with Crippen LogP contribution in [0, 0.1) is 0 Å². The lowest BCUT2D eigenvalue weighted by Crippen LogP contribution is -3.11. The first-order valence-electron chi connectivity index (χ1n) is 7.97. The molecule has 0 aromatic heterocycles. The lowest BCUT2D eigenvalue weighted by Gasteiger charge is -2.32. The predicted molar refractivity (Wildman–Crippen MR) is 89.4 cm³/mol. The van der Waals surface area contributed by atoms with Crippen molar-refractivity contribution in [1.82, 2.24) is 4.90 Å². The summed E-state index contributed by atoms with van der Waals surface area (Å²) < 4.78 is 0. The second kappa shape index (κ2) is 6.34. The third-order valence-electron chi connectivity index (χ3n) is 4.55. The maximum Gasteiger partial charge on any atom is 0.283 e. The number of imide groups is 1. The molecule has 3 rings (SSSR count). The largest absolute Gasteiger partial charge is 0.354 e. The molecule has 1 saturated heterocycles. The number of nitrogens with one attached hydrogen (secondary N) is 1. The lowest BCUT2D eigenvalue weighted by molar-refractivity contribution is -0.883. The maximum absolute atomic E-state index is 12.9. The molecular weight excluding hydrogens is 314 g/mol. The van der Waals surface area contributed by atoms with E-state index in [2.05, 4.69) is 7.05 Å². The Morgan fingerprint density at radius 1 is 1.13 bits per heavy atom. The molecule has 6 heteroatoms. The number of likely N-dealkylation sites (N-methyl/N-ethyl adjacent to an activating group) is 1. The number of carbonyl (C=O) groups is 2. The Balaban J connectivity index is 1.93. The number of halogens is 1. The fourth-order valence-corrected chi connectivity index (χ4v) is 3.41. The molecule has 0 aliphatic carbocycles. The third-order valence-corrected chi connectivity index (χ3v) is 4.89. The van der Waals surface area contributed by atoms with Crippen LogP contribution < -0.4 is 9.80 Å². The topological polar surface area (TPSA) is 45.1 Å². The predicted octanol–water partition coefficient (Wildman–Crippen LogP) is 0.403. The second-order valence-electron chi connectivity index (χ2n) is 6.03. The van der Waals surface area contributed by atoms with Crippen LogP contribution in [0.2, 0.25) is 0 Å². The number of carbonyl (C=O) groups excluding carboxylic acids is 2. The van der Waals surface area contributed by atoms with E-state index in [1.807, 2.05) is 30.0 Å². The van der Waals surface area contributed by atoms with Gasteiger partial charge in [-0.2, -0.15) is 0 Å². The molecule has 2 amide bonds. The highest BCUT2D eigenvalue weighted by atomic mass is 35.5. The zero-order chi connectivity index (χ0) is 16.6. The van der Waals surface area contributed by atoms with Crippen molar-refractivity contribution in [2.24, 2.45) is 0 Å². The van der Waals surface area contributed by atoms with Gasteiger partial charge in [0.05, 0.1) is 38.9 Å². The zero-order valence-corrected chi connectivity index (χ0v) is 14.2. The Morgan fingerprint density at radius 2 is 1.78 bits per heavy atom. The molecule has 2 aliphatic rings. The van der Waals surface area contributed by atoms with Crippen LogP contribution in [0.1, 0.15) is 12.5 Å². The highest BCUT2D eigenvalue weighted by Gasteiger charge is 2.42. The van der Waals surface area contributed by atoms with Gasteiger partial charge >= 0.3 is 0 Å². The number of rotatable bonds is 3. The van der Waals surface area contributed by atoms with Crippen LogP contribution in [-0.2, 0) is 16.0 Å². The number of aryl methyl sites for hydroxylation is 1. The Kier molecular flexibility index (Phi) is 4.41. The SMILES string of the molecule is CCc1ccccc1N1C(=O)C(Cl)=C(N2CC[NH+](C)CC2)C1=O. The van der Waals surface area contributed by atoms with Crippen molar-refractivity contribution in [2.45, 2.75) is 13.3 Å². The summed E-state index contributed by atoms with van der Waals surface area (Å²) >= 11 is 6.25. The fourth-order valence-electron chi connectivity index (χ4n) is 3.12. The lowest BCUT2D eigenvalue weighted by atomic mass is 10.1. The number of nitrogens with zero attached hydrogens (tertiary/aromatic N) is 2. The van der Waals surface area contributed by atoms with Gasteiger partial charge in [-0.15, -0.1) is 0 Å².